The molecule has 2 unspecified atom stereocenters. The van der Waals surface area contributed by atoms with Gasteiger partial charge < -0.3 is 10.4 Å². The third kappa shape index (κ3) is 4.11. The first-order valence-electron chi connectivity index (χ1n) is 10.2. The number of halogens is 4. The number of carbonyl (C=O) groups is 1. The van der Waals surface area contributed by atoms with Crippen LogP contribution in [-0.2, 0) is 9.84 Å². The molecule has 3 aliphatic rings. The monoisotopic (exact) mass is 514 g/mol. The van der Waals surface area contributed by atoms with Crippen LogP contribution in [0, 0.1) is 29.3 Å². The molecule has 5 rings (SSSR count). The first-order chi connectivity index (χ1) is 16.0. The second kappa shape index (κ2) is 8.77. The molecule has 3 fully saturated rings. The van der Waals surface area contributed by atoms with E-state index in [0.29, 0.717) is 18.6 Å². The minimum absolute atomic E-state index is 0.112. The summed E-state index contributed by atoms with van der Waals surface area (Å²) in [5.41, 5.74) is 6.79. The molecule has 0 saturated heterocycles. The molecule has 0 radical (unpaired) electrons. The standard InChI is InChI=1S/C21H18ClF3N4O4S/c22-15-2-1-10(20(30)28-13-7-16(23)19(25)17(24)8-13)3-18(15)34(32,33)14-5-11-4-12(6-14)21(11,31)9-27-29-26/h1-3,7-8,11-12,14,31H,4-6,9H2,(H,28,30). The molecule has 0 spiro atoms. The van der Waals surface area contributed by atoms with E-state index in [2.05, 4.69) is 15.3 Å². The maximum Gasteiger partial charge on any atom is 0.255 e. The van der Waals surface area contributed by atoms with Gasteiger partial charge in [-0.2, -0.15) is 0 Å². The number of hydrogen-bond donors (Lipinski definition) is 2. The van der Waals surface area contributed by atoms with Gasteiger partial charge in [-0.05, 0) is 54.8 Å². The van der Waals surface area contributed by atoms with Crippen LogP contribution in [0.15, 0.2) is 40.3 Å². The van der Waals surface area contributed by atoms with E-state index >= 15 is 0 Å². The van der Waals surface area contributed by atoms with Gasteiger partial charge in [-0.25, -0.2) is 21.6 Å². The predicted molar refractivity (Wildman–Crippen MR) is 116 cm³/mol. The third-order valence-electron chi connectivity index (χ3n) is 6.65. The van der Waals surface area contributed by atoms with Crippen molar-refractivity contribution < 1.29 is 31.5 Å². The van der Waals surface area contributed by atoms with Gasteiger partial charge in [0.15, 0.2) is 27.3 Å². The molecule has 0 heterocycles. The highest BCUT2D eigenvalue weighted by molar-refractivity contribution is 7.92. The molecule has 0 aliphatic heterocycles. The van der Waals surface area contributed by atoms with Crippen molar-refractivity contribution in [2.24, 2.45) is 17.0 Å². The lowest BCUT2D eigenvalue weighted by atomic mass is 9.54. The zero-order valence-corrected chi connectivity index (χ0v) is 19.0. The van der Waals surface area contributed by atoms with Gasteiger partial charge in [0.1, 0.15) is 0 Å². The fraction of sp³-hybridized carbons (Fsp3) is 0.381. The van der Waals surface area contributed by atoms with Gasteiger partial charge in [-0.15, -0.1) is 0 Å². The maximum atomic E-state index is 13.4. The molecule has 0 aromatic heterocycles. The van der Waals surface area contributed by atoms with E-state index in [0.717, 1.165) is 6.07 Å². The first kappa shape index (κ1) is 24.3. The molecular formula is C21H18ClF3N4O4S. The molecular weight excluding hydrogens is 497 g/mol. The SMILES string of the molecule is [N-]=[N+]=NCC1(O)C2CC1CC(S(=O)(=O)c1cc(C(=O)Nc3cc(F)c(F)c(F)c3)ccc1Cl)C2. The summed E-state index contributed by atoms with van der Waals surface area (Å²) in [6.45, 7) is -0.132. The molecule has 1 amide bonds. The van der Waals surface area contributed by atoms with Crippen LogP contribution in [0.3, 0.4) is 0 Å². The number of nitrogens with one attached hydrogen (secondary N) is 1. The number of sulfone groups is 1. The Morgan fingerprint density at radius 3 is 2.38 bits per heavy atom. The Labute approximate surface area is 197 Å². The van der Waals surface area contributed by atoms with Gasteiger partial charge in [-0.1, -0.05) is 16.7 Å². The topological polar surface area (TPSA) is 132 Å². The summed E-state index contributed by atoms with van der Waals surface area (Å²) < 4.78 is 66.7. The predicted octanol–water partition coefficient (Wildman–Crippen LogP) is 4.62. The van der Waals surface area contributed by atoms with E-state index in [1.54, 1.807) is 0 Å². The molecule has 34 heavy (non-hydrogen) atoms. The van der Waals surface area contributed by atoms with Crippen LogP contribution in [0.1, 0.15) is 29.6 Å². The molecule has 2 N–H and O–H groups in total. The number of rotatable bonds is 6. The molecule has 8 nitrogen and oxygen atoms in total. The van der Waals surface area contributed by atoms with Crippen LogP contribution in [0.25, 0.3) is 10.4 Å². The fourth-order valence-electron chi connectivity index (χ4n) is 4.79. The number of benzene rings is 2. The van der Waals surface area contributed by atoms with Crippen molar-refractivity contribution >= 4 is 33.0 Å². The van der Waals surface area contributed by atoms with E-state index in [1.165, 1.54) is 12.1 Å². The van der Waals surface area contributed by atoms with Crippen molar-refractivity contribution in [1.29, 1.82) is 0 Å². The highest BCUT2D eigenvalue weighted by Gasteiger charge is 2.59. The van der Waals surface area contributed by atoms with Crippen LogP contribution < -0.4 is 5.32 Å². The van der Waals surface area contributed by atoms with Crippen LogP contribution in [0.4, 0.5) is 18.9 Å². The van der Waals surface area contributed by atoms with Crippen LogP contribution in [0.5, 0.6) is 0 Å². The summed E-state index contributed by atoms with van der Waals surface area (Å²) >= 11 is 6.14. The number of azide groups is 1. The number of anilines is 1. The minimum Gasteiger partial charge on any atom is -0.389 e. The number of aliphatic hydroxyl groups is 1. The Bertz CT molecular complexity index is 1300. The number of nitrogens with zero attached hydrogens (tertiary/aromatic N) is 3. The smallest absolute Gasteiger partial charge is 0.255 e. The quantitative estimate of drug-likeness (QED) is 0.252. The normalized spacial score (nSPS) is 25.7. The first-order valence-corrected chi connectivity index (χ1v) is 12.1. The average Bonchev–Trinajstić information content (AvgIpc) is 2.80. The lowest BCUT2D eigenvalue weighted by molar-refractivity contribution is -0.167. The lowest BCUT2D eigenvalue weighted by Crippen LogP contribution is -2.63. The highest BCUT2D eigenvalue weighted by atomic mass is 35.5. The molecule has 2 bridgehead atoms. The number of fused-ring (bicyclic) bond motifs is 2. The summed E-state index contributed by atoms with van der Waals surface area (Å²) in [5, 5.41) is 15.4. The number of carbonyl (C=O) groups excluding carboxylic acids is 1. The summed E-state index contributed by atoms with van der Waals surface area (Å²) in [6, 6.07) is 4.71. The molecule has 2 atom stereocenters. The molecule has 3 saturated carbocycles. The van der Waals surface area contributed by atoms with E-state index < -0.39 is 44.0 Å². The van der Waals surface area contributed by atoms with Crippen LogP contribution in [0.2, 0.25) is 5.02 Å². The van der Waals surface area contributed by atoms with Crippen molar-refractivity contribution in [2.75, 3.05) is 11.9 Å². The molecule has 2 aromatic rings. The van der Waals surface area contributed by atoms with E-state index in [-0.39, 0.29) is 52.4 Å². The zero-order chi connectivity index (χ0) is 24.8. The summed E-state index contributed by atoms with van der Waals surface area (Å²) in [7, 11) is -4.01. The van der Waals surface area contributed by atoms with Crippen LogP contribution >= 0.6 is 11.6 Å². The van der Waals surface area contributed by atoms with Crippen molar-refractivity contribution in [2.45, 2.75) is 35.0 Å². The minimum atomic E-state index is -4.01. The molecule has 13 heteroatoms. The van der Waals surface area contributed by atoms with Crippen LogP contribution in [-0.4, -0.2) is 36.8 Å². The van der Waals surface area contributed by atoms with Gasteiger partial charge in [0.25, 0.3) is 5.91 Å². The summed E-state index contributed by atoms with van der Waals surface area (Å²) in [5.74, 6) is -6.27. The van der Waals surface area contributed by atoms with Gasteiger partial charge in [-0.3, -0.25) is 4.79 Å². The average molecular weight is 515 g/mol. The van der Waals surface area contributed by atoms with Crippen molar-refractivity contribution in [3.05, 3.63) is 68.8 Å². The third-order valence-corrected chi connectivity index (χ3v) is 9.30. The Kier molecular flexibility index (Phi) is 6.28. The van der Waals surface area contributed by atoms with Crippen molar-refractivity contribution in [3.8, 4) is 0 Å². The summed E-state index contributed by atoms with van der Waals surface area (Å²) in [6.07, 6.45) is 0.888. The molecule has 3 aliphatic carbocycles. The van der Waals surface area contributed by atoms with Crippen molar-refractivity contribution in [3.63, 3.8) is 0 Å². The molecule has 180 valence electrons. The Morgan fingerprint density at radius 2 is 1.79 bits per heavy atom. The largest absolute Gasteiger partial charge is 0.389 e. The second-order valence-electron chi connectivity index (χ2n) is 8.50. The summed E-state index contributed by atoms with van der Waals surface area (Å²) in [4.78, 5) is 14.9. The van der Waals surface area contributed by atoms with Gasteiger partial charge in [0.2, 0.25) is 0 Å². The zero-order valence-electron chi connectivity index (χ0n) is 17.4. The van der Waals surface area contributed by atoms with E-state index in [1.807, 2.05) is 0 Å². The van der Waals surface area contributed by atoms with Gasteiger partial charge >= 0.3 is 0 Å². The van der Waals surface area contributed by atoms with E-state index in [9.17, 15) is 31.5 Å². The lowest BCUT2D eigenvalue weighted by Gasteiger charge is -2.58. The molecule has 2 aromatic carbocycles. The number of amides is 1. The number of hydrogen-bond acceptors (Lipinski definition) is 5. The highest BCUT2D eigenvalue weighted by Crippen LogP contribution is 2.55. The Balaban J connectivity index is 1.56. The van der Waals surface area contributed by atoms with Crippen molar-refractivity contribution in [1.82, 2.24) is 0 Å². The fourth-order valence-corrected chi connectivity index (χ4v) is 7.19. The van der Waals surface area contributed by atoms with E-state index in [4.69, 9.17) is 17.1 Å². The Hall–Kier alpha value is -2.79. The second-order valence-corrected chi connectivity index (χ2v) is 11.1. The maximum absolute atomic E-state index is 13.4. The van der Waals surface area contributed by atoms with Gasteiger partial charge in [0.05, 0.1) is 27.3 Å². The van der Waals surface area contributed by atoms with Gasteiger partial charge in [0, 0.05) is 28.3 Å². The Morgan fingerprint density at radius 1 is 1.18 bits per heavy atom.